The summed E-state index contributed by atoms with van der Waals surface area (Å²) in [6, 6.07) is 5.38. The Morgan fingerprint density at radius 1 is 1.17 bits per heavy atom. The van der Waals surface area contributed by atoms with Crippen molar-refractivity contribution in [3.8, 4) is 5.75 Å². The number of benzene rings is 1. The highest BCUT2D eigenvalue weighted by molar-refractivity contribution is 5.74. The minimum Gasteiger partial charge on any atom is -0.462 e. The fraction of sp³-hybridized carbons (Fsp3) is 0.500. The molecule has 1 unspecified atom stereocenters. The Morgan fingerprint density at radius 2 is 1.83 bits per heavy atom. The highest BCUT2D eigenvalue weighted by Crippen LogP contribution is 2.19. The van der Waals surface area contributed by atoms with Gasteiger partial charge in [0.1, 0.15) is 11.9 Å². The summed E-state index contributed by atoms with van der Waals surface area (Å²) in [5, 5.41) is 10.6. The van der Waals surface area contributed by atoms with Crippen molar-refractivity contribution >= 4 is 17.6 Å². The lowest BCUT2D eigenvalue weighted by Crippen LogP contribution is -2.20. The first-order chi connectivity index (χ1) is 10.8. The van der Waals surface area contributed by atoms with Crippen LogP contribution in [0.25, 0.3) is 0 Å². The van der Waals surface area contributed by atoms with Crippen molar-refractivity contribution in [2.45, 2.75) is 46.1 Å². The molecule has 1 aromatic rings. The van der Waals surface area contributed by atoms with Crippen LogP contribution in [0, 0.1) is 16.0 Å². The first-order valence-corrected chi connectivity index (χ1v) is 7.44. The molecule has 126 valence electrons. The molecule has 0 radical (unpaired) electrons. The van der Waals surface area contributed by atoms with Crippen LogP contribution in [0.2, 0.25) is 0 Å². The van der Waals surface area contributed by atoms with Crippen molar-refractivity contribution in [2.75, 3.05) is 0 Å². The second-order valence-corrected chi connectivity index (χ2v) is 5.52. The second-order valence-electron chi connectivity index (χ2n) is 5.52. The molecule has 0 aliphatic rings. The van der Waals surface area contributed by atoms with Crippen LogP contribution in [0.5, 0.6) is 5.75 Å². The topological polar surface area (TPSA) is 95.7 Å². The fourth-order valence-electron chi connectivity index (χ4n) is 1.62. The minimum atomic E-state index is -0.566. The van der Waals surface area contributed by atoms with Crippen molar-refractivity contribution in [1.29, 1.82) is 0 Å². The molecule has 0 N–H and O–H groups in total. The third-order valence-corrected chi connectivity index (χ3v) is 3.28. The van der Waals surface area contributed by atoms with Crippen molar-refractivity contribution < 1.29 is 24.0 Å². The molecule has 0 aliphatic carbocycles. The standard InChI is InChI=1S/C16H21NO6/c1-11(2)12(3)22-15(18)8-5-9-16(19)23-14-7-4-6-13(10-14)17(20)21/h4,6-7,10-12H,5,8-9H2,1-3H3. The van der Waals surface area contributed by atoms with E-state index in [9.17, 15) is 19.7 Å². The lowest BCUT2D eigenvalue weighted by atomic mass is 10.1. The first-order valence-electron chi connectivity index (χ1n) is 7.44. The summed E-state index contributed by atoms with van der Waals surface area (Å²) in [6.45, 7) is 5.72. The van der Waals surface area contributed by atoms with Crippen LogP contribution in [0.15, 0.2) is 24.3 Å². The van der Waals surface area contributed by atoms with Gasteiger partial charge in [0.15, 0.2) is 0 Å². The highest BCUT2D eigenvalue weighted by Gasteiger charge is 2.14. The van der Waals surface area contributed by atoms with Crippen molar-refractivity contribution in [3.05, 3.63) is 34.4 Å². The maximum Gasteiger partial charge on any atom is 0.311 e. The minimum absolute atomic E-state index is 0.0356. The van der Waals surface area contributed by atoms with E-state index in [1.54, 1.807) is 0 Å². The van der Waals surface area contributed by atoms with Crippen molar-refractivity contribution in [1.82, 2.24) is 0 Å². The summed E-state index contributed by atoms with van der Waals surface area (Å²) in [5.41, 5.74) is -0.151. The molecule has 0 aromatic heterocycles. The molecule has 0 fully saturated rings. The van der Waals surface area contributed by atoms with E-state index in [1.165, 1.54) is 24.3 Å². The largest absolute Gasteiger partial charge is 0.462 e. The number of nitro groups is 1. The van der Waals surface area contributed by atoms with E-state index >= 15 is 0 Å². The summed E-state index contributed by atoms with van der Waals surface area (Å²) >= 11 is 0. The molecule has 0 bridgehead atoms. The van der Waals surface area contributed by atoms with Crippen molar-refractivity contribution in [2.24, 2.45) is 5.92 Å². The number of ether oxygens (including phenoxy) is 2. The van der Waals surface area contributed by atoms with Gasteiger partial charge in [-0.2, -0.15) is 0 Å². The summed E-state index contributed by atoms with van der Waals surface area (Å²) in [5.74, 6) is -0.553. The molecule has 0 aliphatic heterocycles. The van der Waals surface area contributed by atoms with Crippen LogP contribution in [-0.2, 0) is 14.3 Å². The number of hydrogen-bond donors (Lipinski definition) is 0. The van der Waals surface area contributed by atoms with E-state index in [0.29, 0.717) is 6.42 Å². The SMILES string of the molecule is CC(C)C(C)OC(=O)CCCC(=O)Oc1cccc([N+](=O)[O-])c1. The Bertz CT molecular complexity index is 569. The van der Waals surface area contributed by atoms with Gasteiger partial charge in [0, 0.05) is 18.9 Å². The second kappa shape index (κ2) is 8.87. The molecule has 23 heavy (non-hydrogen) atoms. The van der Waals surface area contributed by atoms with Gasteiger partial charge in [0.05, 0.1) is 11.0 Å². The molecule has 0 amide bonds. The van der Waals surface area contributed by atoms with Crippen molar-refractivity contribution in [3.63, 3.8) is 0 Å². The van der Waals surface area contributed by atoms with E-state index < -0.39 is 10.9 Å². The lowest BCUT2D eigenvalue weighted by molar-refractivity contribution is -0.384. The third-order valence-electron chi connectivity index (χ3n) is 3.28. The van der Waals surface area contributed by atoms with Crippen LogP contribution < -0.4 is 4.74 Å². The lowest BCUT2D eigenvalue weighted by Gasteiger charge is -2.16. The van der Waals surface area contributed by atoms with Crippen LogP contribution in [0.3, 0.4) is 0 Å². The van der Waals surface area contributed by atoms with E-state index in [0.717, 1.165) is 0 Å². The Morgan fingerprint density at radius 3 is 2.43 bits per heavy atom. The number of rotatable bonds is 8. The summed E-state index contributed by atoms with van der Waals surface area (Å²) in [7, 11) is 0. The average molecular weight is 323 g/mol. The van der Waals surface area contributed by atoms with Gasteiger partial charge < -0.3 is 9.47 Å². The number of non-ortho nitro benzene ring substituents is 1. The zero-order chi connectivity index (χ0) is 17.4. The van der Waals surface area contributed by atoms with Crippen LogP contribution >= 0.6 is 0 Å². The van der Waals surface area contributed by atoms with E-state index in [2.05, 4.69) is 0 Å². The molecule has 0 heterocycles. The quantitative estimate of drug-likeness (QED) is 0.315. The molecule has 1 aromatic carbocycles. The predicted molar refractivity (Wildman–Crippen MR) is 83.0 cm³/mol. The maximum atomic E-state index is 11.7. The molecule has 0 spiro atoms. The third kappa shape index (κ3) is 6.90. The molecular formula is C16H21NO6. The predicted octanol–water partition coefficient (Wildman–Crippen LogP) is 3.26. The number of carbonyl (C=O) groups is 2. The maximum absolute atomic E-state index is 11.7. The smallest absolute Gasteiger partial charge is 0.311 e. The molecule has 7 nitrogen and oxygen atoms in total. The number of nitrogens with zero attached hydrogens (tertiary/aromatic N) is 1. The van der Waals surface area contributed by atoms with E-state index in [4.69, 9.17) is 9.47 Å². The molecule has 1 atom stereocenters. The van der Waals surface area contributed by atoms with Gasteiger partial charge in [-0.3, -0.25) is 19.7 Å². The Balaban J connectivity index is 2.36. The molecule has 0 saturated carbocycles. The van der Waals surface area contributed by atoms with E-state index in [-0.39, 0.29) is 42.3 Å². The average Bonchev–Trinajstić information content (AvgIpc) is 2.47. The zero-order valence-electron chi connectivity index (χ0n) is 13.5. The van der Waals surface area contributed by atoms with Gasteiger partial charge in [-0.05, 0) is 25.3 Å². The van der Waals surface area contributed by atoms with Crippen LogP contribution in [-0.4, -0.2) is 23.0 Å². The first kappa shape index (κ1) is 18.6. The molecule has 7 heteroatoms. The number of nitro benzene ring substituents is 1. The van der Waals surface area contributed by atoms with E-state index in [1.807, 2.05) is 20.8 Å². The van der Waals surface area contributed by atoms with Gasteiger partial charge in [-0.15, -0.1) is 0 Å². The van der Waals surface area contributed by atoms with Gasteiger partial charge in [-0.1, -0.05) is 19.9 Å². The Labute approximate surface area is 134 Å². The highest BCUT2D eigenvalue weighted by atomic mass is 16.6. The zero-order valence-corrected chi connectivity index (χ0v) is 13.5. The normalized spacial score (nSPS) is 11.8. The van der Waals surface area contributed by atoms with Crippen LogP contribution in [0.4, 0.5) is 5.69 Å². The Hall–Kier alpha value is -2.44. The fourth-order valence-corrected chi connectivity index (χ4v) is 1.62. The summed E-state index contributed by atoms with van der Waals surface area (Å²) in [4.78, 5) is 33.3. The number of carbonyl (C=O) groups excluding carboxylic acids is 2. The molecule has 1 rings (SSSR count). The molecule has 0 saturated heterocycles. The Kier molecular flexibility index (Phi) is 7.18. The summed E-state index contributed by atoms with van der Waals surface area (Å²) < 4.78 is 10.2. The summed E-state index contributed by atoms with van der Waals surface area (Å²) in [6.07, 6.45) is 0.297. The van der Waals surface area contributed by atoms with Gasteiger partial charge in [-0.25, -0.2) is 0 Å². The van der Waals surface area contributed by atoms with Gasteiger partial charge in [0.2, 0.25) is 0 Å². The number of esters is 2. The molecular weight excluding hydrogens is 302 g/mol. The monoisotopic (exact) mass is 323 g/mol. The number of hydrogen-bond acceptors (Lipinski definition) is 6. The van der Waals surface area contributed by atoms with Gasteiger partial charge >= 0.3 is 11.9 Å². The van der Waals surface area contributed by atoms with Crippen LogP contribution in [0.1, 0.15) is 40.0 Å². The van der Waals surface area contributed by atoms with Gasteiger partial charge in [0.25, 0.3) is 5.69 Å².